The zero-order chi connectivity index (χ0) is 18.0. The van der Waals surface area contributed by atoms with E-state index in [1.807, 2.05) is 0 Å². The summed E-state index contributed by atoms with van der Waals surface area (Å²) in [6.45, 7) is 8.86. The van der Waals surface area contributed by atoms with Crippen LogP contribution in [-0.2, 0) is 33.4 Å². The number of carbonyl (C=O) groups is 4. The minimum atomic E-state index is -1.32. The fourth-order valence-electron chi connectivity index (χ4n) is 1.02. The monoisotopic (exact) mass is 326 g/mol. The van der Waals surface area contributed by atoms with Gasteiger partial charge in [0.15, 0.2) is 6.10 Å². The minimum absolute atomic E-state index is 0.110. The van der Waals surface area contributed by atoms with Crippen molar-refractivity contribution in [2.45, 2.75) is 20.0 Å². The highest BCUT2D eigenvalue weighted by molar-refractivity contribution is 5.91. The van der Waals surface area contributed by atoms with E-state index in [1.165, 1.54) is 13.8 Å². The molecule has 0 radical (unpaired) electrons. The van der Waals surface area contributed by atoms with Gasteiger partial charge in [0.1, 0.15) is 13.2 Å². The molecule has 0 spiro atoms. The predicted molar refractivity (Wildman–Crippen MR) is 78.2 cm³/mol. The van der Waals surface area contributed by atoms with Crippen LogP contribution in [0.2, 0.25) is 0 Å². The van der Waals surface area contributed by atoms with Gasteiger partial charge in [-0.1, -0.05) is 13.2 Å². The smallest absolute Gasteiger partial charge is 0.333 e. The summed E-state index contributed by atoms with van der Waals surface area (Å²) in [6, 6.07) is 0. The van der Waals surface area contributed by atoms with Gasteiger partial charge < -0.3 is 19.3 Å². The maximum atomic E-state index is 11.5. The van der Waals surface area contributed by atoms with Crippen molar-refractivity contribution in [2.24, 2.45) is 0 Å². The van der Waals surface area contributed by atoms with Crippen LogP contribution in [0.3, 0.4) is 0 Å². The molecule has 0 aromatic carbocycles. The third-order valence-corrected chi connectivity index (χ3v) is 2.14. The van der Waals surface area contributed by atoms with Crippen LogP contribution in [-0.4, -0.2) is 48.3 Å². The average molecular weight is 326 g/mol. The zero-order valence-electron chi connectivity index (χ0n) is 12.9. The third kappa shape index (κ3) is 9.62. The average Bonchev–Trinajstić information content (AvgIpc) is 2.46. The Labute approximate surface area is 133 Å². The van der Waals surface area contributed by atoms with Crippen molar-refractivity contribution in [1.82, 2.24) is 0 Å². The van der Waals surface area contributed by atoms with Gasteiger partial charge >= 0.3 is 23.9 Å². The van der Waals surface area contributed by atoms with Gasteiger partial charge in [-0.2, -0.15) is 0 Å². The minimum Gasteiger partial charge on any atom is -0.478 e. The van der Waals surface area contributed by atoms with Crippen LogP contribution >= 0.6 is 0 Å². The lowest BCUT2D eigenvalue weighted by atomic mass is 10.3. The van der Waals surface area contributed by atoms with E-state index >= 15 is 0 Å². The van der Waals surface area contributed by atoms with E-state index < -0.39 is 36.6 Å². The molecule has 0 bridgehead atoms. The second kappa shape index (κ2) is 9.93. The Morgan fingerprint density at radius 3 is 1.96 bits per heavy atom. The van der Waals surface area contributed by atoms with Gasteiger partial charge in [-0.05, 0) is 13.8 Å². The molecule has 0 aliphatic heterocycles. The molecule has 23 heavy (non-hydrogen) atoms. The number of hydrogen-bond donors (Lipinski definition) is 1. The topological polar surface area (TPSA) is 116 Å². The van der Waals surface area contributed by atoms with Gasteiger partial charge in [-0.3, -0.25) is 0 Å². The molecule has 0 heterocycles. The second-order valence-corrected chi connectivity index (χ2v) is 4.49. The third-order valence-electron chi connectivity index (χ3n) is 2.14. The Balaban J connectivity index is 4.65. The molecular weight excluding hydrogens is 308 g/mol. The molecule has 0 rings (SSSR count). The van der Waals surface area contributed by atoms with Crippen LogP contribution in [0.25, 0.3) is 0 Å². The van der Waals surface area contributed by atoms with Crippen molar-refractivity contribution in [2.75, 3.05) is 13.2 Å². The number of carboxylic acid groups (broad SMARTS) is 1. The number of carbonyl (C=O) groups excluding carboxylic acids is 3. The van der Waals surface area contributed by atoms with E-state index in [0.29, 0.717) is 12.2 Å². The molecular formula is C15H18O8. The van der Waals surface area contributed by atoms with Crippen LogP contribution < -0.4 is 0 Å². The molecule has 1 N–H and O–H groups in total. The Bertz CT molecular complexity index is 544. The van der Waals surface area contributed by atoms with Crippen molar-refractivity contribution >= 4 is 23.9 Å². The molecule has 0 saturated heterocycles. The molecule has 8 heteroatoms. The van der Waals surface area contributed by atoms with Gasteiger partial charge in [-0.25, -0.2) is 19.2 Å². The molecule has 0 aliphatic carbocycles. The first-order valence-corrected chi connectivity index (χ1v) is 6.40. The van der Waals surface area contributed by atoms with Gasteiger partial charge in [0.2, 0.25) is 0 Å². The summed E-state index contributed by atoms with van der Waals surface area (Å²) in [7, 11) is 0. The first-order chi connectivity index (χ1) is 10.6. The van der Waals surface area contributed by atoms with Crippen molar-refractivity contribution < 1.29 is 38.5 Å². The maximum absolute atomic E-state index is 11.5. The molecule has 0 fully saturated rings. The van der Waals surface area contributed by atoms with Gasteiger partial charge in [0.05, 0.1) is 0 Å². The van der Waals surface area contributed by atoms with E-state index in [0.717, 1.165) is 0 Å². The highest BCUT2D eigenvalue weighted by Gasteiger charge is 2.19. The zero-order valence-corrected chi connectivity index (χ0v) is 12.9. The molecule has 0 aromatic heterocycles. The van der Waals surface area contributed by atoms with E-state index in [4.69, 9.17) is 19.3 Å². The van der Waals surface area contributed by atoms with Crippen LogP contribution in [0.1, 0.15) is 13.8 Å². The van der Waals surface area contributed by atoms with E-state index in [9.17, 15) is 19.2 Å². The molecule has 0 aliphatic rings. The summed E-state index contributed by atoms with van der Waals surface area (Å²) < 4.78 is 14.5. The van der Waals surface area contributed by atoms with Crippen molar-refractivity contribution in [3.8, 4) is 0 Å². The van der Waals surface area contributed by atoms with Crippen LogP contribution in [0.5, 0.6) is 0 Å². The number of rotatable bonds is 9. The molecule has 8 nitrogen and oxygen atoms in total. The SMILES string of the molecule is C=C(C)C(=O)OCC(COC(=O)/C=C\C(=O)O)OC(=O)C(=C)C. The predicted octanol–water partition coefficient (Wildman–Crippen LogP) is 0.778. The van der Waals surface area contributed by atoms with Gasteiger partial charge in [0.25, 0.3) is 0 Å². The Morgan fingerprint density at radius 1 is 0.957 bits per heavy atom. The Morgan fingerprint density at radius 2 is 1.48 bits per heavy atom. The largest absolute Gasteiger partial charge is 0.478 e. The number of carboxylic acids is 1. The van der Waals surface area contributed by atoms with Crippen molar-refractivity contribution in [3.63, 3.8) is 0 Å². The highest BCUT2D eigenvalue weighted by atomic mass is 16.6. The molecule has 0 saturated carbocycles. The number of esters is 3. The highest BCUT2D eigenvalue weighted by Crippen LogP contribution is 2.03. The molecule has 0 aromatic rings. The lowest BCUT2D eigenvalue weighted by molar-refractivity contribution is -0.161. The van der Waals surface area contributed by atoms with E-state index in [1.54, 1.807) is 0 Å². The number of hydrogen-bond acceptors (Lipinski definition) is 7. The fourth-order valence-corrected chi connectivity index (χ4v) is 1.02. The molecule has 0 amide bonds. The number of aliphatic carboxylic acids is 1. The summed E-state index contributed by atoms with van der Waals surface area (Å²) in [4.78, 5) is 44.3. The van der Waals surface area contributed by atoms with Crippen LogP contribution in [0, 0.1) is 0 Å². The lowest BCUT2D eigenvalue weighted by Gasteiger charge is -2.17. The van der Waals surface area contributed by atoms with Crippen LogP contribution in [0.4, 0.5) is 0 Å². The van der Waals surface area contributed by atoms with Crippen molar-refractivity contribution in [1.29, 1.82) is 0 Å². The van der Waals surface area contributed by atoms with Gasteiger partial charge in [0, 0.05) is 23.3 Å². The Kier molecular flexibility index (Phi) is 8.68. The fraction of sp³-hybridized carbons (Fsp3) is 0.333. The second-order valence-electron chi connectivity index (χ2n) is 4.49. The standard InChI is InChI=1S/C15H18O8/c1-9(2)14(19)22-8-11(23-15(20)10(3)4)7-21-13(18)6-5-12(16)17/h5-6,11H,1,3,7-8H2,2,4H3,(H,16,17)/b6-5-. The Hall–Kier alpha value is -2.90. The lowest BCUT2D eigenvalue weighted by Crippen LogP contribution is -2.31. The summed E-state index contributed by atoms with van der Waals surface area (Å²) >= 11 is 0. The summed E-state index contributed by atoms with van der Waals surface area (Å²) in [6.07, 6.45) is 0.225. The normalized spacial score (nSPS) is 11.4. The quantitative estimate of drug-likeness (QED) is 0.375. The number of ether oxygens (including phenoxy) is 3. The first kappa shape index (κ1) is 20.1. The summed E-state index contributed by atoms with van der Waals surface area (Å²) in [5.41, 5.74) is 0.259. The molecule has 126 valence electrons. The summed E-state index contributed by atoms with van der Waals surface area (Å²) in [5, 5.41) is 8.38. The van der Waals surface area contributed by atoms with Crippen molar-refractivity contribution in [3.05, 3.63) is 36.5 Å². The molecule has 1 atom stereocenters. The van der Waals surface area contributed by atoms with E-state index in [-0.39, 0.29) is 17.8 Å². The molecule has 1 unspecified atom stereocenters. The van der Waals surface area contributed by atoms with Crippen LogP contribution in [0.15, 0.2) is 36.5 Å². The maximum Gasteiger partial charge on any atom is 0.333 e. The van der Waals surface area contributed by atoms with E-state index in [2.05, 4.69) is 13.2 Å². The summed E-state index contributed by atoms with van der Waals surface area (Å²) in [5.74, 6) is -3.71. The first-order valence-electron chi connectivity index (χ1n) is 6.40. The van der Waals surface area contributed by atoms with Gasteiger partial charge in [-0.15, -0.1) is 0 Å².